The molecule has 21 heavy (non-hydrogen) atoms. The van der Waals surface area contributed by atoms with E-state index in [-0.39, 0.29) is 5.54 Å². The van der Waals surface area contributed by atoms with Gasteiger partial charge in [-0.25, -0.2) is 0 Å². The Morgan fingerprint density at radius 1 is 1.33 bits per heavy atom. The highest BCUT2D eigenvalue weighted by Gasteiger charge is 2.38. The fraction of sp³-hybridized carbons (Fsp3) is 0.667. The first-order valence-electron chi connectivity index (χ1n) is 8.23. The molecule has 2 nitrogen and oxygen atoms in total. The van der Waals surface area contributed by atoms with E-state index in [4.69, 9.17) is 0 Å². The fourth-order valence-electron chi connectivity index (χ4n) is 3.35. The van der Waals surface area contributed by atoms with Crippen LogP contribution in [0.2, 0.25) is 0 Å². The number of hydrogen-bond acceptors (Lipinski definition) is 3. The van der Waals surface area contributed by atoms with Gasteiger partial charge in [0.2, 0.25) is 0 Å². The molecule has 1 aromatic rings. The molecular formula is C18H30N2S. The predicted octanol–water partition coefficient (Wildman–Crippen LogP) is 3.73. The lowest BCUT2D eigenvalue weighted by Gasteiger charge is -2.48. The summed E-state index contributed by atoms with van der Waals surface area (Å²) in [5.74, 6) is 1.26. The third kappa shape index (κ3) is 4.24. The van der Waals surface area contributed by atoms with Crippen molar-refractivity contribution in [3.05, 3.63) is 35.9 Å². The summed E-state index contributed by atoms with van der Waals surface area (Å²) in [5.41, 5.74) is 1.57. The molecule has 1 aromatic carbocycles. The lowest BCUT2D eigenvalue weighted by molar-refractivity contribution is 0.0479. The van der Waals surface area contributed by atoms with E-state index in [1.165, 1.54) is 43.7 Å². The van der Waals surface area contributed by atoms with Crippen LogP contribution in [0.15, 0.2) is 30.3 Å². The Morgan fingerprint density at radius 2 is 2.10 bits per heavy atom. The van der Waals surface area contributed by atoms with Crippen molar-refractivity contribution in [1.29, 1.82) is 0 Å². The van der Waals surface area contributed by atoms with Crippen molar-refractivity contribution in [2.45, 2.75) is 44.7 Å². The molecule has 0 amide bonds. The highest BCUT2D eigenvalue weighted by molar-refractivity contribution is 7.98. The molecule has 2 atom stereocenters. The second kappa shape index (κ2) is 8.21. The molecule has 3 heteroatoms. The number of benzene rings is 1. The van der Waals surface area contributed by atoms with Crippen molar-refractivity contribution in [1.82, 2.24) is 10.2 Å². The summed E-state index contributed by atoms with van der Waals surface area (Å²) in [7, 11) is 0. The summed E-state index contributed by atoms with van der Waals surface area (Å²) < 4.78 is 0. The molecule has 1 fully saturated rings. The van der Waals surface area contributed by atoms with Gasteiger partial charge in [0.25, 0.3) is 0 Å². The van der Waals surface area contributed by atoms with Crippen molar-refractivity contribution >= 4 is 11.8 Å². The van der Waals surface area contributed by atoms with Crippen molar-refractivity contribution < 1.29 is 0 Å². The van der Waals surface area contributed by atoms with Crippen molar-refractivity contribution in [2.24, 2.45) is 0 Å². The Balaban J connectivity index is 2.13. The fourth-order valence-corrected chi connectivity index (χ4v) is 3.77. The van der Waals surface area contributed by atoms with E-state index >= 15 is 0 Å². The van der Waals surface area contributed by atoms with Crippen LogP contribution < -0.4 is 5.32 Å². The molecular weight excluding hydrogens is 276 g/mol. The van der Waals surface area contributed by atoms with Crippen LogP contribution in [-0.4, -0.2) is 42.6 Å². The molecule has 0 spiro atoms. The quantitative estimate of drug-likeness (QED) is 0.773. The summed E-state index contributed by atoms with van der Waals surface area (Å²) in [6, 6.07) is 11.7. The summed E-state index contributed by atoms with van der Waals surface area (Å²) in [6.45, 7) is 8.12. The average Bonchev–Trinajstić information content (AvgIpc) is 2.52. The first kappa shape index (κ1) is 16.9. The summed E-state index contributed by atoms with van der Waals surface area (Å²) in [6.07, 6.45) is 6.03. The van der Waals surface area contributed by atoms with E-state index in [0.717, 1.165) is 6.54 Å². The number of hydrogen-bond donors (Lipinski definition) is 1. The van der Waals surface area contributed by atoms with E-state index in [0.29, 0.717) is 6.04 Å². The molecule has 118 valence electrons. The zero-order valence-corrected chi connectivity index (χ0v) is 14.6. The zero-order chi connectivity index (χ0) is 15.1. The van der Waals surface area contributed by atoms with E-state index in [9.17, 15) is 0 Å². The average molecular weight is 307 g/mol. The van der Waals surface area contributed by atoms with Gasteiger partial charge >= 0.3 is 0 Å². The third-order valence-electron chi connectivity index (χ3n) is 4.68. The van der Waals surface area contributed by atoms with Gasteiger partial charge < -0.3 is 5.32 Å². The van der Waals surface area contributed by atoms with Crippen LogP contribution in [0.25, 0.3) is 0 Å². The molecule has 0 saturated carbocycles. The highest BCUT2D eigenvalue weighted by Crippen LogP contribution is 2.31. The predicted molar refractivity (Wildman–Crippen MR) is 95.1 cm³/mol. The van der Waals surface area contributed by atoms with Crippen molar-refractivity contribution in [2.75, 3.05) is 31.6 Å². The molecule has 1 saturated heterocycles. The number of nitrogens with zero attached hydrogens (tertiary/aromatic N) is 1. The van der Waals surface area contributed by atoms with Crippen LogP contribution in [-0.2, 0) is 5.54 Å². The van der Waals surface area contributed by atoms with E-state index in [1.807, 2.05) is 11.8 Å². The van der Waals surface area contributed by atoms with E-state index < -0.39 is 0 Å². The van der Waals surface area contributed by atoms with Crippen LogP contribution in [0.4, 0.5) is 0 Å². The first-order valence-corrected chi connectivity index (χ1v) is 9.63. The van der Waals surface area contributed by atoms with Crippen LogP contribution >= 0.6 is 11.8 Å². The Labute approximate surface area is 134 Å². The second-order valence-electron chi connectivity index (χ2n) is 6.30. The van der Waals surface area contributed by atoms with Gasteiger partial charge in [-0.3, -0.25) is 4.90 Å². The first-order chi connectivity index (χ1) is 10.2. The normalized spacial score (nSPS) is 26.9. The Kier molecular flexibility index (Phi) is 6.59. The maximum Gasteiger partial charge on any atom is 0.0558 e. The molecule has 2 unspecified atom stereocenters. The second-order valence-corrected chi connectivity index (χ2v) is 7.28. The lowest BCUT2D eigenvalue weighted by atomic mass is 9.86. The van der Waals surface area contributed by atoms with Gasteiger partial charge in [-0.1, -0.05) is 43.7 Å². The largest absolute Gasteiger partial charge is 0.311 e. The third-order valence-corrected chi connectivity index (χ3v) is 5.38. The maximum absolute atomic E-state index is 3.78. The molecule has 1 aliphatic heterocycles. The smallest absolute Gasteiger partial charge is 0.0558 e. The van der Waals surface area contributed by atoms with Crippen LogP contribution in [0.3, 0.4) is 0 Å². The lowest BCUT2D eigenvalue weighted by Crippen LogP contribution is -2.61. The molecule has 1 heterocycles. The number of thioether (sulfide) groups is 1. The minimum Gasteiger partial charge on any atom is -0.311 e. The molecule has 0 aliphatic carbocycles. The molecule has 2 rings (SSSR count). The van der Waals surface area contributed by atoms with Gasteiger partial charge in [-0.15, -0.1) is 0 Å². The van der Waals surface area contributed by atoms with Gasteiger partial charge in [-0.05, 0) is 43.9 Å². The van der Waals surface area contributed by atoms with Crippen molar-refractivity contribution in [3.63, 3.8) is 0 Å². The van der Waals surface area contributed by atoms with Crippen LogP contribution in [0.5, 0.6) is 0 Å². The number of piperazine rings is 1. The monoisotopic (exact) mass is 306 g/mol. The summed E-state index contributed by atoms with van der Waals surface area (Å²) >= 11 is 1.95. The Bertz CT molecular complexity index is 409. The number of rotatable bonds is 7. The Morgan fingerprint density at radius 3 is 2.76 bits per heavy atom. The van der Waals surface area contributed by atoms with Gasteiger partial charge in [0.05, 0.1) is 5.54 Å². The molecule has 0 aromatic heterocycles. The topological polar surface area (TPSA) is 15.3 Å². The van der Waals surface area contributed by atoms with E-state index in [2.05, 4.69) is 60.7 Å². The van der Waals surface area contributed by atoms with Crippen LogP contribution in [0, 0.1) is 0 Å². The van der Waals surface area contributed by atoms with Gasteiger partial charge in [0.1, 0.15) is 0 Å². The SMILES string of the molecule is CCCC1CN(CCCSC)C(C)(c2ccccc2)CN1. The molecule has 0 bridgehead atoms. The standard InChI is InChI=1S/C18H30N2S/c1-4-9-17-14-20(12-8-13-21-3)18(2,15-19-17)16-10-6-5-7-11-16/h5-7,10-11,17,19H,4,8-9,12-15H2,1-3H3. The van der Waals surface area contributed by atoms with Gasteiger partial charge in [0, 0.05) is 19.1 Å². The Hall–Kier alpha value is -0.510. The maximum atomic E-state index is 3.78. The number of nitrogens with one attached hydrogen (secondary N) is 1. The summed E-state index contributed by atoms with van der Waals surface area (Å²) in [5, 5.41) is 3.78. The molecule has 1 N–H and O–H groups in total. The van der Waals surface area contributed by atoms with Crippen LogP contribution in [0.1, 0.15) is 38.7 Å². The van der Waals surface area contributed by atoms with Crippen molar-refractivity contribution in [3.8, 4) is 0 Å². The van der Waals surface area contributed by atoms with Gasteiger partial charge in [0.15, 0.2) is 0 Å². The minimum absolute atomic E-state index is 0.129. The van der Waals surface area contributed by atoms with E-state index in [1.54, 1.807) is 0 Å². The minimum atomic E-state index is 0.129. The highest BCUT2D eigenvalue weighted by atomic mass is 32.2. The summed E-state index contributed by atoms with van der Waals surface area (Å²) in [4.78, 5) is 2.72. The van der Waals surface area contributed by atoms with Gasteiger partial charge in [-0.2, -0.15) is 11.8 Å². The molecule has 0 radical (unpaired) electrons. The molecule has 1 aliphatic rings. The zero-order valence-electron chi connectivity index (χ0n) is 13.8.